The number of hydrogen-bond acceptors (Lipinski definition) is 4. The summed E-state index contributed by atoms with van der Waals surface area (Å²) in [6.45, 7) is 0.553. The molecule has 5 heteroatoms. The Kier molecular flexibility index (Phi) is 3.47. The van der Waals surface area contributed by atoms with E-state index in [4.69, 9.17) is 5.73 Å². The van der Waals surface area contributed by atoms with Crippen LogP contribution in [0.4, 0.5) is 0 Å². The number of hydrogen-bond donors (Lipinski definition) is 1. The van der Waals surface area contributed by atoms with Gasteiger partial charge in [-0.1, -0.05) is 30.3 Å². The zero-order valence-corrected chi connectivity index (χ0v) is 13.1. The number of carbonyl (C=O) groups is 1. The Labute approximate surface area is 134 Å². The summed E-state index contributed by atoms with van der Waals surface area (Å²) >= 11 is 1.53. The number of amides is 1. The highest BCUT2D eigenvalue weighted by atomic mass is 32.1. The van der Waals surface area contributed by atoms with Crippen LogP contribution in [-0.2, 0) is 0 Å². The standard InChI is InChI=1S/C17H19N3OS/c18-9-14-12-6-7-13(8-12)20(14)17(21)15-16(22-10-19-15)11-4-2-1-3-5-11/h1-5,10,12-14H,6-9,18H2/t12-,13+,14+/m0/s1. The predicted octanol–water partition coefficient (Wildman–Crippen LogP) is 2.76. The minimum absolute atomic E-state index is 0.0581. The number of nitrogens with two attached hydrogens (primary N) is 1. The Bertz CT molecular complexity index is 684. The largest absolute Gasteiger partial charge is 0.330 e. The van der Waals surface area contributed by atoms with Gasteiger partial charge in [-0.2, -0.15) is 0 Å². The van der Waals surface area contributed by atoms with E-state index >= 15 is 0 Å². The molecule has 1 saturated heterocycles. The summed E-state index contributed by atoms with van der Waals surface area (Å²) in [5, 5.41) is 0. The molecule has 114 valence electrons. The maximum absolute atomic E-state index is 13.1. The summed E-state index contributed by atoms with van der Waals surface area (Å²) in [5.41, 5.74) is 9.35. The molecular formula is C17H19N3OS. The van der Waals surface area contributed by atoms with Crippen LogP contribution in [0.3, 0.4) is 0 Å². The lowest BCUT2D eigenvalue weighted by atomic mass is 9.98. The van der Waals surface area contributed by atoms with Crippen LogP contribution in [0.15, 0.2) is 35.8 Å². The van der Waals surface area contributed by atoms with E-state index in [9.17, 15) is 4.79 Å². The number of rotatable bonds is 3. The molecule has 0 unspecified atom stereocenters. The first-order valence-electron chi connectivity index (χ1n) is 7.81. The Morgan fingerprint density at radius 1 is 1.32 bits per heavy atom. The van der Waals surface area contributed by atoms with Crippen molar-refractivity contribution in [3.8, 4) is 10.4 Å². The van der Waals surface area contributed by atoms with Gasteiger partial charge >= 0.3 is 0 Å². The number of piperidine rings is 1. The van der Waals surface area contributed by atoms with Crippen molar-refractivity contribution in [3.63, 3.8) is 0 Å². The lowest BCUT2D eigenvalue weighted by molar-refractivity contribution is 0.0597. The average Bonchev–Trinajstić information content (AvgIpc) is 3.29. The zero-order valence-electron chi connectivity index (χ0n) is 12.3. The molecule has 4 nitrogen and oxygen atoms in total. The summed E-state index contributed by atoms with van der Waals surface area (Å²) in [4.78, 5) is 20.4. The second kappa shape index (κ2) is 5.48. The number of benzene rings is 1. The molecule has 1 aromatic carbocycles. The Balaban J connectivity index is 1.68. The highest BCUT2D eigenvalue weighted by Crippen LogP contribution is 2.43. The summed E-state index contributed by atoms with van der Waals surface area (Å²) in [7, 11) is 0. The van der Waals surface area contributed by atoms with Gasteiger partial charge in [0.05, 0.1) is 10.4 Å². The van der Waals surface area contributed by atoms with E-state index in [1.807, 2.05) is 35.2 Å². The monoisotopic (exact) mass is 313 g/mol. The van der Waals surface area contributed by atoms with Gasteiger partial charge in [-0.25, -0.2) is 4.98 Å². The van der Waals surface area contributed by atoms with Gasteiger partial charge in [-0.3, -0.25) is 4.79 Å². The zero-order chi connectivity index (χ0) is 15.1. The maximum Gasteiger partial charge on any atom is 0.274 e. The second-order valence-corrected chi connectivity index (χ2v) is 6.99. The van der Waals surface area contributed by atoms with E-state index in [0.29, 0.717) is 24.2 Å². The minimum atomic E-state index is 0.0581. The lowest BCUT2D eigenvalue weighted by Crippen LogP contribution is -2.48. The molecule has 1 saturated carbocycles. The number of aromatic nitrogens is 1. The van der Waals surface area contributed by atoms with Gasteiger partial charge in [0.1, 0.15) is 5.69 Å². The minimum Gasteiger partial charge on any atom is -0.330 e. The number of likely N-dealkylation sites (tertiary alicyclic amines) is 1. The Hall–Kier alpha value is -1.72. The lowest BCUT2D eigenvalue weighted by Gasteiger charge is -2.34. The molecular weight excluding hydrogens is 294 g/mol. The van der Waals surface area contributed by atoms with Crippen LogP contribution < -0.4 is 5.73 Å². The summed E-state index contributed by atoms with van der Waals surface area (Å²) < 4.78 is 0. The van der Waals surface area contributed by atoms with Crippen LogP contribution in [0.5, 0.6) is 0 Å². The third-order valence-electron chi connectivity index (χ3n) is 5.02. The van der Waals surface area contributed by atoms with E-state index in [0.717, 1.165) is 23.3 Å². The molecule has 1 aliphatic carbocycles. The number of nitrogens with zero attached hydrogens (tertiary/aromatic N) is 2. The number of carbonyl (C=O) groups excluding carboxylic acids is 1. The third-order valence-corrected chi connectivity index (χ3v) is 5.90. The Morgan fingerprint density at radius 2 is 2.14 bits per heavy atom. The van der Waals surface area contributed by atoms with Crippen molar-refractivity contribution >= 4 is 17.2 Å². The van der Waals surface area contributed by atoms with Gasteiger partial charge < -0.3 is 10.6 Å². The van der Waals surface area contributed by atoms with Gasteiger partial charge in [-0.15, -0.1) is 11.3 Å². The van der Waals surface area contributed by atoms with Gasteiger partial charge in [-0.05, 0) is 30.7 Å². The highest BCUT2D eigenvalue weighted by molar-refractivity contribution is 7.13. The molecule has 3 atom stereocenters. The highest BCUT2D eigenvalue weighted by Gasteiger charge is 2.48. The SMILES string of the molecule is NC[C@@H]1[C@H]2CC[C@H](C2)N1C(=O)c1ncsc1-c1ccccc1. The van der Waals surface area contributed by atoms with Crippen molar-refractivity contribution in [2.75, 3.05) is 6.54 Å². The summed E-state index contributed by atoms with van der Waals surface area (Å²) in [6, 6.07) is 10.6. The fourth-order valence-electron chi connectivity index (χ4n) is 4.03. The average molecular weight is 313 g/mol. The van der Waals surface area contributed by atoms with Gasteiger partial charge in [0, 0.05) is 18.6 Å². The van der Waals surface area contributed by atoms with E-state index in [1.165, 1.54) is 17.8 Å². The normalized spacial score (nSPS) is 26.6. The van der Waals surface area contributed by atoms with Crippen molar-refractivity contribution in [2.45, 2.75) is 31.3 Å². The molecule has 0 spiro atoms. The van der Waals surface area contributed by atoms with E-state index < -0.39 is 0 Å². The number of fused-ring (bicyclic) bond motifs is 2. The molecule has 4 rings (SSSR count). The molecule has 1 aromatic heterocycles. The van der Waals surface area contributed by atoms with Crippen molar-refractivity contribution in [1.29, 1.82) is 0 Å². The first-order chi connectivity index (χ1) is 10.8. The summed E-state index contributed by atoms with van der Waals surface area (Å²) in [5.74, 6) is 0.639. The fraction of sp³-hybridized carbons (Fsp3) is 0.412. The van der Waals surface area contributed by atoms with Gasteiger partial charge in [0.2, 0.25) is 0 Å². The van der Waals surface area contributed by atoms with Crippen molar-refractivity contribution in [1.82, 2.24) is 9.88 Å². The predicted molar refractivity (Wildman–Crippen MR) is 87.7 cm³/mol. The molecule has 1 aliphatic heterocycles. The first-order valence-corrected chi connectivity index (χ1v) is 8.69. The van der Waals surface area contributed by atoms with Crippen LogP contribution in [0.25, 0.3) is 10.4 Å². The molecule has 2 aromatic rings. The van der Waals surface area contributed by atoms with Crippen molar-refractivity contribution in [2.24, 2.45) is 11.7 Å². The topological polar surface area (TPSA) is 59.2 Å². The molecule has 2 heterocycles. The van der Waals surface area contributed by atoms with Crippen LogP contribution in [0.1, 0.15) is 29.8 Å². The van der Waals surface area contributed by atoms with E-state index in [1.54, 1.807) is 5.51 Å². The molecule has 2 N–H and O–H groups in total. The van der Waals surface area contributed by atoms with Crippen molar-refractivity contribution in [3.05, 3.63) is 41.5 Å². The first kappa shape index (κ1) is 13.9. The second-order valence-electron chi connectivity index (χ2n) is 6.14. The van der Waals surface area contributed by atoms with Crippen LogP contribution in [0, 0.1) is 5.92 Å². The summed E-state index contributed by atoms with van der Waals surface area (Å²) in [6.07, 6.45) is 3.43. The van der Waals surface area contributed by atoms with Crippen LogP contribution >= 0.6 is 11.3 Å². The van der Waals surface area contributed by atoms with Crippen molar-refractivity contribution < 1.29 is 4.79 Å². The molecule has 2 aliphatic rings. The molecule has 2 fully saturated rings. The fourth-order valence-corrected chi connectivity index (χ4v) is 4.82. The number of thiazole rings is 1. The molecule has 2 bridgehead atoms. The van der Waals surface area contributed by atoms with Gasteiger partial charge in [0.15, 0.2) is 0 Å². The quantitative estimate of drug-likeness (QED) is 0.948. The molecule has 22 heavy (non-hydrogen) atoms. The van der Waals surface area contributed by atoms with Gasteiger partial charge in [0.25, 0.3) is 5.91 Å². The molecule has 0 radical (unpaired) electrons. The van der Waals surface area contributed by atoms with Crippen LogP contribution in [-0.4, -0.2) is 34.4 Å². The van der Waals surface area contributed by atoms with E-state index in [2.05, 4.69) is 4.98 Å². The molecule has 1 amide bonds. The maximum atomic E-state index is 13.1. The third kappa shape index (κ3) is 2.08. The Morgan fingerprint density at radius 3 is 2.91 bits per heavy atom. The van der Waals surface area contributed by atoms with Crippen LogP contribution in [0.2, 0.25) is 0 Å². The van der Waals surface area contributed by atoms with E-state index in [-0.39, 0.29) is 11.9 Å². The smallest absolute Gasteiger partial charge is 0.274 e.